The number of hydrogen-bond acceptors (Lipinski definition) is 8. The average Bonchev–Trinajstić information content (AvgIpc) is 3.11. The van der Waals surface area contributed by atoms with Crippen LogP contribution in [-0.4, -0.2) is 52.4 Å². The summed E-state index contributed by atoms with van der Waals surface area (Å²) in [5.41, 5.74) is 1.07. The molecule has 32 heavy (non-hydrogen) atoms. The van der Waals surface area contributed by atoms with Gasteiger partial charge in [-0.1, -0.05) is 12.8 Å². The van der Waals surface area contributed by atoms with Crippen LogP contribution in [0.15, 0.2) is 35.3 Å². The Morgan fingerprint density at radius 3 is 2.50 bits per heavy atom. The van der Waals surface area contributed by atoms with Crippen LogP contribution in [-0.2, 0) is 0 Å². The highest BCUT2D eigenvalue weighted by Gasteiger charge is 2.18. The molecule has 5 rings (SSSR count). The Morgan fingerprint density at radius 1 is 1.00 bits per heavy atom. The summed E-state index contributed by atoms with van der Waals surface area (Å²) >= 11 is 0. The lowest BCUT2D eigenvalue weighted by atomic mass is 10.1. The van der Waals surface area contributed by atoms with Crippen molar-refractivity contribution in [2.75, 3.05) is 36.4 Å². The second kappa shape index (κ2) is 9.52. The van der Waals surface area contributed by atoms with Crippen LogP contribution in [0.1, 0.15) is 38.5 Å². The van der Waals surface area contributed by atoms with Crippen LogP contribution < -0.4 is 25.8 Å². The van der Waals surface area contributed by atoms with Crippen LogP contribution in [0.25, 0.3) is 10.9 Å². The topological polar surface area (TPSA) is 108 Å². The number of aromatic amines is 1. The first kappa shape index (κ1) is 20.7. The largest absolute Gasteiger partial charge is 0.490 e. The molecule has 3 aromatic rings. The number of H-pyrrole nitrogens is 1. The van der Waals surface area contributed by atoms with Crippen molar-refractivity contribution in [1.82, 2.24) is 25.5 Å². The summed E-state index contributed by atoms with van der Waals surface area (Å²) in [4.78, 5) is 24.1. The molecule has 2 aliphatic rings. The van der Waals surface area contributed by atoms with Gasteiger partial charge in [-0.15, -0.1) is 0 Å². The zero-order chi connectivity index (χ0) is 21.8. The standard InChI is InChI=1S/C23H29N7O2/c31-22-20-19(15-25-29-22)27-23(30-13-3-1-2-4-14-30)28-21(20)26-16-5-7-17(8-6-16)32-18-9-11-24-12-10-18/h5-8,15,18,24H,1-4,9-14H2,(H,29,31)(H,26,27,28). The summed E-state index contributed by atoms with van der Waals surface area (Å²) < 4.78 is 6.10. The van der Waals surface area contributed by atoms with Crippen molar-refractivity contribution in [2.24, 2.45) is 0 Å². The highest BCUT2D eigenvalue weighted by atomic mass is 16.5. The van der Waals surface area contributed by atoms with Crippen LogP contribution >= 0.6 is 0 Å². The molecule has 2 aromatic heterocycles. The van der Waals surface area contributed by atoms with Crippen LogP contribution in [0.2, 0.25) is 0 Å². The van der Waals surface area contributed by atoms with E-state index in [-0.39, 0.29) is 11.7 Å². The van der Waals surface area contributed by atoms with Gasteiger partial charge in [-0.2, -0.15) is 10.1 Å². The van der Waals surface area contributed by atoms with E-state index < -0.39 is 0 Å². The van der Waals surface area contributed by atoms with Crippen LogP contribution in [0, 0.1) is 0 Å². The maximum Gasteiger partial charge on any atom is 0.277 e. The van der Waals surface area contributed by atoms with Crippen LogP contribution in [0.5, 0.6) is 5.75 Å². The van der Waals surface area contributed by atoms with Gasteiger partial charge in [-0.05, 0) is 63.0 Å². The number of nitrogens with one attached hydrogen (secondary N) is 3. The summed E-state index contributed by atoms with van der Waals surface area (Å²) in [6.45, 7) is 3.83. The smallest absolute Gasteiger partial charge is 0.277 e. The summed E-state index contributed by atoms with van der Waals surface area (Å²) in [6, 6.07) is 7.81. The maximum absolute atomic E-state index is 12.5. The molecule has 2 saturated heterocycles. The molecule has 0 bridgehead atoms. The fourth-order valence-electron chi connectivity index (χ4n) is 4.35. The monoisotopic (exact) mass is 435 g/mol. The molecule has 0 amide bonds. The average molecular weight is 436 g/mol. The number of hydrogen-bond donors (Lipinski definition) is 3. The van der Waals surface area contributed by atoms with Gasteiger partial charge in [-0.3, -0.25) is 4.79 Å². The van der Waals surface area contributed by atoms with Crippen molar-refractivity contribution in [3.05, 3.63) is 40.8 Å². The van der Waals surface area contributed by atoms with Gasteiger partial charge in [0.05, 0.1) is 6.20 Å². The Hall–Kier alpha value is -3.20. The molecule has 2 fully saturated rings. The molecule has 3 N–H and O–H groups in total. The van der Waals surface area contributed by atoms with E-state index in [0.29, 0.717) is 22.7 Å². The van der Waals surface area contributed by atoms with E-state index in [2.05, 4.69) is 30.7 Å². The van der Waals surface area contributed by atoms with E-state index in [1.165, 1.54) is 12.8 Å². The van der Waals surface area contributed by atoms with E-state index in [0.717, 1.165) is 63.3 Å². The Balaban J connectivity index is 1.41. The van der Waals surface area contributed by atoms with Crippen molar-refractivity contribution >= 4 is 28.4 Å². The van der Waals surface area contributed by atoms with Crippen LogP contribution in [0.3, 0.4) is 0 Å². The molecule has 0 spiro atoms. The molecule has 4 heterocycles. The molecule has 9 nitrogen and oxygen atoms in total. The number of fused-ring (bicyclic) bond motifs is 1. The van der Waals surface area contributed by atoms with Gasteiger partial charge in [-0.25, -0.2) is 10.1 Å². The quantitative estimate of drug-likeness (QED) is 0.561. The molecule has 0 aliphatic carbocycles. The fraction of sp³-hybridized carbons (Fsp3) is 0.478. The lowest BCUT2D eigenvalue weighted by molar-refractivity contribution is 0.162. The minimum Gasteiger partial charge on any atom is -0.490 e. The molecule has 168 valence electrons. The van der Waals surface area contributed by atoms with Gasteiger partial charge in [0.2, 0.25) is 5.95 Å². The van der Waals surface area contributed by atoms with Crippen molar-refractivity contribution in [3.8, 4) is 5.75 Å². The molecule has 0 saturated carbocycles. The summed E-state index contributed by atoms with van der Waals surface area (Å²) in [7, 11) is 0. The number of aromatic nitrogens is 4. The predicted molar refractivity (Wildman–Crippen MR) is 125 cm³/mol. The highest BCUT2D eigenvalue weighted by Crippen LogP contribution is 2.26. The lowest BCUT2D eigenvalue weighted by Crippen LogP contribution is -2.34. The number of piperidine rings is 1. The number of benzene rings is 1. The summed E-state index contributed by atoms with van der Waals surface area (Å²) in [5, 5.41) is 13.5. The first-order chi connectivity index (χ1) is 15.8. The van der Waals surface area contributed by atoms with E-state index in [1.54, 1.807) is 6.20 Å². The molecule has 2 aliphatic heterocycles. The van der Waals surface area contributed by atoms with Crippen LogP contribution in [0.4, 0.5) is 17.5 Å². The fourth-order valence-corrected chi connectivity index (χ4v) is 4.35. The maximum atomic E-state index is 12.5. The molecular formula is C23H29N7O2. The minimum absolute atomic E-state index is 0.253. The molecule has 0 radical (unpaired) electrons. The molecule has 9 heteroatoms. The predicted octanol–water partition coefficient (Wildman–Crippen LogP) is 2.97. The number of rotatable bonds is 5. The van der Waals surface area contributed by atoms with E-state index in [1.807, 2.05) is 24.3 Å². The summed E-state index contributed by atoms with van der Waals surface area (Å²) in [5.74, 6) is 1.98. The first-order valence-corrected chi connectivity index (χ1v) is 11.5. The van der Waals surface area contributed by atoms with E-state index in [4.69, 9.17) is 9.72 Å². The third-order valence-corrected chi connectivity index (χ3v) is 6.10. The Labute approximate surface area is 186 Å². The van der Waals surface area contributed by atoms with Gasteiger partial charge >= 0.3 is 0 Å². The van der Waals surface area contributed by atoms with Gasteiger partial charge in [0.1, 0.15) is 28.6 Å². The minimum atomic E-state index is -0.307. The number of ether oxygens (including phenoxy) is 1. The third kappa shape index (κ3) is 4.67. The van der Waals surface area contributed by atoms with Gasteiger partial charge in [0.15, 0.2) is 0 Å². The summed E-state index contributed by atoms with van der Waals surface area (Å²) in [6.07, 6.45) is 8.56. The zero-order valence-electron chi connectivity index (χ0n) is 18.1. The SMILES string of the molecule is O=c1[nH]ncc2nc(N3CCCCCC3)nc(Nc3ccc(OC4CCNCC4)cc3)c12. The normalized spacial score (nSPS) is 17.8. The van der Waals surface area contributed by atoms with Crippen molar-refractivity contribution in [1.29, 1.82) is 0 Å². The van der Waals surface area contributed by atoms with Gasteiger partial charge < -0.3 is 20.3 Å². The van der Waals surface area contributed by atoms with E-state index >= 15 is 0 Å². The molecular weight excluding hydrogens is 406 g/mol. The molecule has 0 atom stereocenters. The Morgan fingerprint density at radius 2 is 1.75 bits per heavy atom. The first-order valence-electron chi connectivity index (χ1n) is 11.5. The lowest BCUT2D eigenvalue weighted by Gasteiger charge is -2.24. The molecule has 1 aromatic carbocycles. The van der Waals surface area contributed by atoms with E-state index in [9.17, 15) is 4.79 Å². The Bertz CT molecular complexity index is 1100. The number of anilines is 3. The Kier molecular flexibility index (Phi) is 6.15. The van der Waals surface area contributed by atoms with Gasteiger partial charge in [0.25, 0.3) is 5.56 Å². The van der Waals surface area contributed by atoms with Crippen molar-refractivity contribution < 1.29 is 4.74 Å². The highest BCUT2D eigenvalue weighted by molar-refractivity contribution is 5.90. The zero-order valence-corrected chi connectivity index (χ0v) is 18.1. The second-order valence-corrected chi connectivity index (χ2v) is 8.45. The van der Waals surface area contributed by atoms with Crippen molar-refractivity contribution in [3.63, 3.8) is 0 Å². The number of nitrogens with zero attached hydrogens (tertiary/aromatic N) is 4. The second-order valence-electron chi connectivity index (χ2n) is 8.45. The van der Waals surface area contributed by atoms with Crippen molar-refractivity contribution in [2.45, 2.75) is 44.6 Å². The third-order valence-electron chi connectivity index (χ3n) is 6.10. The van der Waals surface area contributed by atoms with Gasteiger partial charge in [0, 0.05) is 18.8 Å². The molecule has 0 unspecified atom stereocenters.